The molecule has 0 aromatic rings. The summed E-state index contributed by atoms with van der Waals surface area (Å²) < 4.78 is 9.95. The Balaban J connectivity index is 2.74. The third-order valence-corrected chi connectivity index (χ3v) is 1.02. The van der Waals surface area contributed by atoms with Gasteiger partial charge in [0, 0.05) is 0 Å². The highest BCUT2D eigenvalue weighted by atomic mass is 16.5. The number of quaternary nitrogens is 1. The lowest BCUT2D eigenvalue weighted by Gasteiger charge is -2.02. The fourth-order valence-corrected chi connectivity index (χ4v) is 0.518. The summed E-state index contributed by atoms with van der Waals surface area (Å²) in [6, 6.07) is 0. The SMILES string of the molecule is [CH2-][NH2+]CCOCCOCC=O. The van der Waals surface area contributed by atoms with Crippen LogP contribution in [0.2, 0.25) is 0 Å². The molecular weight excluding hydrogens is 146 g/mol. The van der Waals surface area contributed by atoms with Gasteiger partial charge in [0.15, 0.2) is 0 Å². The Bertz CT molecular complexity index is 87.8. The zero-order chi connectivity index (χ0) is 8.36. The number of aldehydes is 1. The molecule has 0 aromatic carbocycles. The van der Waals surface area contributed by atoms with E-state index in [1.54, 1.807) is 5.32 Å². The van der Waals surface area contributed by atoms with Gasteiger partial charge >= 0.3 is 0 Å². The van der Waals surface area contributed by atoms with Crippen LogP contribution >= 0.6 is 0 Å². The van der Waals surface area contributed by atoms with Crippen molar-refractivity contribution in [3.8, 4) is 0 Å². The third-order valence-electron chi connectivity index (χ3n) is 1.02. The van der Waals surface area contributed by atoms with Gasteiger partial charge in [0.2, 0.25) is 0 Å². The highest BCUT2D eigenvalue weighted by molar-refractivity contribution is 5.50. The van der Waals surface area contributed by atoms with Crippen molar-refractivity contribution in [2.45, 2.75) is 0 Å². The third kappa shape index (κ3) is 9.55. The first-order valence-electron chi connectivity index (χ1n) is 3.62. The Morgan fingerprint density at radius 3 is 2.64 bits per heavy atom. The van der Waals surface area contributed by atoms with Crippen LogP contribution < -0.4 is 5.32 Å². The van der Waals surface area contributed by atoms with Crippen molar-refractivity contribution >= 4 is 6.29 Å². The summed E-state index contributed by atoms with van der Waals surface area (Å²) in [5, 5.41) is 1.80. The molecule has 0 amide bonds. The van der Waals surface area contributed by atoms with E-state index < -0.39 is 0 Å². The fourth-order valence-electron chi connectivity index (χ4n) is 0.518. The van der Waals surface area contributed by atoms with Crippen LogP contribution in [0.25, 0.3) is 0 Å². The number of carbonyl (C=O) groups is 1. The van der Waals surface area contributed by atoms with Gasteiger partial charge in [0.1, 0.15) is 12.9 Å². The minimum Gasteiger partial charge on any atom is -0.477 e. The largest absolute Gasteiger partial charge is 0.477 e. The second-order valence-electron chi connectivity index (χ2n) is 1.93. The predicted octanol–water partition coefficient (Wildman–Crippen LogP) is -1.43. The number of rotatable bonds is 8. The monoisotopic (exact) mass is 161 g/mol. The van der Waals surface area contributed by atoms with E-state index in [9.17, 15) is 4.79 Å². The van der Waals surface area contributed by atoms with E-state index in [0.717, 1.165) is 12.8 Å². The van der Waals surface area contributed by atoms with E-state index in [0.29, 0.717) is 19.8 Å². The summed E-state index contributed by atoms with van der Waals surface area (Å²) >= 11 is 0. The van der Waals surface area contributed by atoms with E-state index in [1.165, 1.54) is 0 Å². The average molecular weight is 161 g/mol. The molecule has 0 fully saturated rings. The van der Waals surface area contributed by atoms with Crippen LogP contribution in [0.1, 0.15) is 0 Å². The number of carbonyl (C=O) groups excluding carboxylic acids is 1. The molecular formula is C7H15NO3. The smallest absolute Gasteiger partial charge is 0.145 e. The quantitative estimate of drug-likeness (QED) is 0.270. The molecule has 4 heteroatoms. The van der Waals surface area contributed by atoms with Crippen molar-refractivity contribution in [2.24, 2.45) is 0 Å². The lowest BCUT2D eigenvalue weighted by Crippen LogP contribution is -2.78. The van der Waals surface area contributed by atoms with Crippen molar-refractivity contribution in [1.82, 2.24) is 0 Å². The van der Waals surface area contributed by atoms with Crippen LogP contribution in [0.3, 0.4) is 0 Å². The van der Waals surface area contributed by atoms with Gasteiger partial charge in [-0.05, 0) is 0 Å². The molecule has 0 saturated heterocycles. The number of ether oxygens (including phenoxy) is 2. The van der Waals surface area contributed by atoms with Crippen LogP contribution in [0, 0.1) is 7.05 Å². The summed E-state index contributed by atoms with van der Waals surface area (Å²) in [7, 11) is 3.55. The maximum Gasteiger partial charge on any atom is 0.145 e. The zero-order valence-corrected chi connectivity index (χ0v) is 6.62. The fraction of sp³-hybridized carbons (Fsp3) is 0.714. The molecule has 0 unspecified atom stereocenters. The second-order valence-corrected chi connectivity index (χ2v) is 1.93. The second kappa shape index (κ2) is 9.55. The standard InChI is InChI=1S/C7H15NO3/c1-8-2-4-10-6-7-11-5-3-9/h3H,1-2,4-8H2. The van der Waals surface area contributed by atoms with E-state index in [4.69, 9.17) is 9.47 Å². The number of nitrogens with two attached hydrogens (primary N) is 1. The summed E-state index contributed by atoms with van der Waals surface area (Å²) in [5.41, 5.74) is 0. The lowest BCUT2D eigenvalue weighted by atomic mass is 10.7. The molecule has 0 aliphatic carbocycles. The lowest BCUT2D eigenvalue weighted by molar-refractivity contribution is -0.597. The van der Waals surface area contributed by atoms with E-state index >= 15 is 0 Å². The summed E-state index contributed by atoms with van der Waals surface area (Å²) in [6.07, 6.45) is 0.726. The van der Waals surface area contributed by atoms with Gasteiger partial charge in [-0.25, -0.2) is 0 Å². The first-order chi connectivity index (χ1) is 5.41. The van der Waals surface area contributed by atoms with Gasteiger partial charge in [0.25, 0.3) is 0 Å². The Kier molecular flexibility index (Phi) is 9.16. The van der Waals surface area contributed by atoms with Gasteiger partial charge in [-0.3, -0.25) is 0 Å². The molecule has 0 radical (unpaired) electrons. The summed E-state index contributed by atoms with van der Waals surface area (Å²) in [6.45, 7) is 2.71. The molecule has 0 bridgehead atoms. The first kappa shape index (κ1) is 10.6. The Hall–Kier alpha value is -0.450. The van der Waals surface area contributed by atoms with E-state index in [-0.39, 0.29) is 6.61 Å². The zero-order valence-electron chi connectivity index (χ0n) is 6.62. The molecule has 0 atom stereocenters. The van der Waals surface area contributed by atoms with Crippen LogP contribution in [0.5, 0.6) is 0 Å². The molecule has 0 aliphatic heterocycles. The van der Waals surface area contributed by atoms with Gasteiger partial charge in [-0.15, -0.1) is 0 Å². The maximum atomic E-state index is 9.76. The van der Waals surface area contributed by atoms with Gasteiger partial charge < -0.3 is 19.6 Å². The Morgan fingerprint density at radius 2 is 2.00 bits per heavy atom. The van der Waals surface area contributed by atoms with Crippen LogP contribution in [0.15, 0.2) is 0 Å². The average Bonchev–Trinajstić information content (AvgIpc) is 2.03. The molecule has 0 saturated carbocycles. The summed E-state index contributed by atoms with van der Waals surface area (Å²) in [5.74, 6) is 0. The Morgan fingerprint density at radius 1 is 1.27 bits per heavy atom. The van der Waals surface area contributed by atoms with Crippen molar-refractivity contribution in [1.29, 1.82) is 0 Å². The van der Waals surface area contributed by atoms with Crippen molar-refractivity contribution in [3.05, 3.63) is 7.05 Å². The molecule has 2 N–H and O–H groups in total. The van der Waals surface area contributed by atoms with Crippen molar-refractivity contribution < 1.29 is 19.6 Å². The minimum absolute atomic E-state index is 0.158. The van der Waals surface area contributed by atoms with E-state index in [2.05, 4.69) is 7.05 Å². The maximum absolute atomic E-state index is 9.76. The van der Waals surface area contributed by atoms with Gasteiger partial charge in [-0.1, -0.05) is 0 Å². The molecule has 0 spiro atoms. The van der Waals surface area contributed by atoms with Crippen molar-refractivity contribution in [3.63, 3.8) is 0 Å². The normalized spacial score (nSPS) is 9.91. The summed E-state index contributed by atoms with van der Waals surface area (Å²) in [4.78, 5) is 9.76. The number of hydrogen-bond donors (Lipinski definition) is 1. The molecule has 0 aliphatic rings. The van der Waals surface area contributed by atoms with E-state index in [1.807, 2.05) is 0 Å². The topological polar surface area (TPSA) is 52.1 Å². The predicted molar refractivity (Wildman–Crippen MR) is 39.9 cm³/mol. The Labute approximate surface area is 66.9 Å². The molecule has 0 aromatic heterocycles. The van der Waals surface area contributed by atoms with Crippen LogP contribution in [-0.4, -0.2) is 39.3 Å². The highest BCUT2D eigenvalue weighted by Crippen LogP contribution is 1.74. The van der Waals surface area contributed by atoms with Crippen molar-refractivity contribution in [2.75, 3.05) is 33.0 Å². The highest BCUT2D eigenvalue weighted by Gasteiger charge is 1.87. The van der Waals surface area contributed by atoms with Gasteiger partial charge in [-0.2, -0.15) is 7.05 Å². The molecule has 66 valence electrons. The molecule has 11 heavy (non-hydrogen) atoms. The van der Waals surface area contributed by atoms with Crippen LogP contribution in [0.4, 0.5) is 0 Å². The molecule has 4 nitrogen and oxygen atoms in total. The number of hydrogen-bond acceptors (Lipinski definition) is 3. The molecule has 0 heterocycles. The molecule has 0 rings (SSSR count). The first-order valence-corrected chi connectivity index (χ1v) is 3.62. The van der Waals surface area contributed by atoms with Crippen LogP contribution in [-0.2, 0) is 14.3 Å². The minimum atomic E-state index is 0.158. The van der Waals surface area contributed by atoms with Gasteiger partial charge in [0.05, 0.1) is 26.4 Å².